The molecule has 0 fully saturated rings. The number of carbonyl (C=O) groups is 1. The quantitative estimate of drug-likeness (QED) is 0.687. The number of rotatable bonds is 6. The Hall–Kier alpha value is -2.95. The summed E-state index contributed by atoms with van der Waals surface area (Å²) in [5, 5.41) is 0.578. The lowest BCUT2D eigenvalue weighted by Gasteiger charge is -2.22. The maximum atomic E-state index is 12.6. The van der Waals surface area contributed by atoms with Crippen molar-refractivity contribution < 1.29 is 4.79 Å². The number of hydrogen-bond donors (Lipinski definition) is 0. The summed E-state index contributed by atoms with van der Waals surface area (Å²) < 4.78 is 1.52. The van der Waals surface area contributed by atoms with Crippen molar-refractivity contribution in [3.63, 3.8) is 0 Å². The fourth-order valence-electron chi connectivity index (χ4n) is 3.01. The van der Waals surface area contributed by atoms with Crippen molar-refractivity contribution in [2.45, 2.75) is 33.4 Å². The van der Waals surface area contributed by atoms with Crippen LogP contribution >= 0.6 is 0 Å². The number of aromatic nitrogens is 2. The Balaban J connectivity index is 1.70. The van der Waals surface area contributed by atoms with Crippen molar-refractivity contribution in [3.05, 3.63) is 76.3 Å². The molecule has 0 bridgehead atoms. The molecule has 0 atom stereocenters. The van der Waals surface area contributed by atoms with Gasteiger partial charge in [-0.2, -0.15) is 0 Å². The molecule has 1 aromatic heterocycles. The first-order valence-electron chi connectivity index (χ1n) is 8.86. The molecule has 0 saturated carbocycles. The zero-order valence-electron chi connectivity index (χ0n) is 15.2. The monoisotopic (exact) mass is 349 g/mol. The van der Waals surface area contributed by atoms with Crippen molar-refractivity contribution >= 4 is 16.8 Å². The van der Waals surface area contributed by atoms with Crippen molar-refractivity contribution in [1.82, 2.24) is 14.5 Å². The predicted molar refractivity (Wildman–Crippen MR) is 103 cm³/mol. The van der Waals surface area contributed by atoms with Gasteiger partial charge >= 0.3 is 0 Å². The van der Waals surface area contributed by atoms with Crippen LogP contribution in [0.5, 0.6) is 0 Å². The van der Waals surface area contributed by atoms with E-state index in [1.165, 1.54) is 16.5 Å². The molecule has 0 aliphatic rings. The molecule has 134 valence electrons. The first-order chi connectivity index (χ1) is 12.6. The van der Waals surface area contributed by atoms with Gasteiger partial charge in [0.15, 0.2) is 0 Å². The van der Waals surface area contributed by atoms with Crippen LogP contribution in [0.25, 0.3) is 10.9 Å². The van der Waals surface area contributed by atoms with E-state index >= 15 is 0 Å². The predicted octanol–water partition coefficient (Wildman–Crippen LogP) is 3.14. The molecule has 0 unspecified atom stereocenters. The molecular weight excluding hydrogens is 326 g/mol. The molecule has 0 saturated heterocycles. The Morgan fingerprint density at radius 3 is 2.62 bits per heavy atom. The number of hydrogen-bond acceptors (Lipinski definition) is 3. The Morgan fingerprint density at radius 1 is 1.12 bits per heavy atom. The van der Waals surface area contributed by atoms with E-state index in [2.05, 4.69) is 4.98 Å². The fraction of sp³-hybridized carbons (Fsp3) is 0.286. The van der Waals surface area contributed by atoms with E-state index in [-0.39, 0.29) is 17.9 Å². The molecule has 1 amide bonds. The highest BCUT2D eigenvalue weighted by molar-refractivity contribution is 5.77. The standard InChI is InChI=1S/C21H23N3O2/c1-3-23(14-17-9-5-4-8-16(17)2)20(25)12-13-24-15-22-19-11-7-6-10-18(19)21(24)26/h4-11,15H,3,12-14H2,1-2H3. The fourth-order valence-corrected chi connectivity index (χ4v) is 3.01. The number of amides is 1. The minimum Gasteiger partial charge on any atom is -0.339 e. The van der Waals surface area contributed by atoms with Crippen LogP contribution in [0.1, 0.15) is 24.5 Å². The smallest absolute Gasteiger partial charge is 0.261 e. The summed E-state index contributed by atoms with van der Waals surface area (Å²) >= 11 is 0. The van der Waals surface area contributed by atoms with Crippen LogP contribution in [-0.4, -0.2) is 26.9 Å². The lowest BCUT2D eigenvalue weighted by atomic mass is 10.1. The highest BCUT2D eigenvalue weighted by Crippen LogP contribution is 2.12. The minimum absolute atomic E-state index is 0.0378. The van der Waals surface area contributed by atoms with Gasteiger partial charge < -0.3 is 4.90 Å². The van der Waals surface area contributed by atoms with E-state index < -0.39 is 0 Å². The summed E-state index contributed by atoms with van der Waals surface area (Å²) in [7, 11) is 0. The zero-order valence-corrected chi connectivity index (χ0v) is 15.2. The third kappa shape index (κ3) is 3.82. The van der Waals surface area contributed by atoms with Crippen molar-refractivity contribution in [3.8, 4) is 0 Å². The molecule has 1 heterocycles. The third-order valence-corrected chi connectivity index (χ3v) is 4.65. The van der Waals surface area contributed by atoms with Gasteiger partial charge in [0.2, 0.25) is 5.91 Å². The van der Waals surface area contributed by atoms with E-state index in [0.717, 1.165) is 5.56 Å². The molecule has 2 aromatic carbocycles. The average Bonchev–Trinajstić information content (AvgIpc) is 2.67. The summed E-state index contributed by atoms with van der Waals surface area (Å²) in [5.41, 5.74) is 2.89. The topological polar surface area (TPSA) is 55.2 Å². The summed E-state index contributed by atoms with van der Waals surface area (Å²) in [6.45, 7) is 5.58. The lowest BCUT2D eigenvalue weighted by molar-refractivity contribution is -0.131. The second kappa shape index (κ2) is 7.95. The maximum Gasteiger partial charge on any atom is 0.261 e. The van der Waals surface area contributed by atoms with Crippen molar-refractivity contribution in [2.75, 3.05) is 6.54 Å². The van der Waals surface area contributed by atoms with E-state index in [1.54, 1.807) is 6.07 Å². The van der Waals surface area contributed by atoms with Crippen LogP contribution in [0.4, 0.5) is 0 Å². The van der Waals surface area contributed by atoms with Gasteiger partial charge in [-0.15, -0.1) is 0 Å². The molecule has 0 aliphatic carbocycles. The lowest BCUT2D eigenvalue weighted by Crippen LogP contribution is -2.32. The van der Waals surface area contributed by atoms with Gasteiger partial charge in [0.25, 0.3) is 5.56 Å². The Labute approximate surface area is 152 Å². The molecule has 5 heteroatoms. The Morgan fingerprint density at radius 2 is 1.85 bits per heavy atom. The van der Waals surface area contributed by atoms with Crippen LogP contribution in [0, 0.1) is 6.92 Å². The van der Waals surface area contributed by atoms with Crippen LogP contribution < -0.4 is 5.56 Å². The van der Waals surface area contributed by atoms with Crippen LogP contribution in [-0.2, 0) is 17.9 Å². The first-order valence-corrected chi connectivity index (χ1v) is 8.86. The van der Waals surface area contributed by atoms with Crippen LogP contribution in [0.2, 0.25) is 0 Å². The molecule has 0 radical (unpaired) electrons. The van der Waals surface area contributed by atoms with Crippen molar-refractivity contribution in [2.24, 2.45) is 0 Å². The summed E-state index contributed by atoms with van der Waals surface area (Å²) in [6.07, 6.45) is 1.80. The summed E-state index contributed by atoms with van der Waals surface area (Å²) in [6, 6.07) is 15.3. The molecule has 3 aromatic rings. The SMILES string of the molecule is CCN(Cc1ccccc1C)C(=O)CCn1cnc2ccccc2c1=O. The largest absolute Gasteiger partial charge is 0.339 e. The first kappa shape index (κ1) is 17.9. The second-order valence-corrected chi connectivity index (χ2v) is 6.34. The number of nitrogens with zero attached hydrogens (tertiary/aromatic N) is 3. The number of fused-ring (bicyclic) bond motifs is 1. The number of benzene rings is 2. The van der Waals surface area contributed by atoms with Gasteiger partial charge in [0.05, 0.1) is 17.2 Å². The van der Waals surface area contributed by atoms with Gasteiger partial charge in [-0.3, -0.25) is 14.2 Å². The van der Waals surface area contributed by atoms with Gasteiger partial charge in [0, 0.05) is 26.1 Å². The Bertz CT molecular complexity index is 978. The highest BCUT2D eigenvalue weighted by Gasteiger charge is 2.14. The third-order valence-electron chi connectivity index (χ3n) is 4.65. The highest BCUT2D eigenvalue weighted by atomic mass is 16.2. The van der Waals surface area contributed by atoms with Gasteiger partial charge in [0.1, 0.15) is 0 Å². The van der Waals surface area contributed by atoms with Gasteiger partial charge in [-0.25, -0.2) is 4.98 Å². The summed E-state index contributed by atoms with van der Waals surface area (Å²) in [4.78, 5) is 31.3. The number of carbonyl (C=O) groups excluding carboxylic acids is 1. The van der Waals surface area contributed by atoms with E-state index in [9.17, 15) is 9.59 Å². The van der Waals surface area contributed by atoms with E-state index in [4.69, 9.17) is 0 Å². The van der Waals surface area contributed by atoms with Crippen LogP contribution in [0.3, 0.4) is 0 Å². The second-order valence-electron chi connectivity index (χ2n) is 6.34. The number of aryl methyl sites for hydroxylation is 2. The maximum absolute atomic E-state index is 12.6. The van der Waals surface area contributed by atoms with Gasteiger partial charge in [-0.1, -0.05) is 36.4 Å². The summed E-state index contributed by atoms with van der Waals surface area (Å²) in [5.74, 6) is 0.0378. The minimum atomic E-state index is -0.106. The zero-order chi connectivity index (χ0) is 18.5. The molecule has 0 aliphatic heterocycles. The van der Waals surface area contributed by atoms with Crippen molar-refractivity contribution in [1.29, 1.82) is 0 Å². The van der Waals surface area contributed by atoms with E-state index in [1.807, 2.05) is 61.2 Å². The molecule has 3 rings (SSSR count). The Kier molecular flexibility index (Phi) is 5.46. The molecule has 0 N–H and O–H groups in total. The normalized spacial score (nSPS) is 10.8. The molecule has 0 spiro atoms. The van der Waals surface area contributed by atoms with Gasteiger partial charge in [-0.05, 0) is 37.1 Å². The molecule has 26 heavy (non-hydrogen) atoms. The molecule has 5 nitrogen and oxygen atoms in total. The van der Waals surface area contributed by atoms with Crippen LogP contribution in [0.15, 0.2) is 59.7 Å². The molecular formula is C21H23N3O2. The number of para-hydroxylation sites is 1. The van der Waals surface area contributed by atoms with E-state index in [0.29, 0.717) is 30.5 Å². The average molecular weight is 349 g/mol.